The van der Waals surface area contributed by atoms with Gasteiger partial charge in [-0.05, 0) is 43.9 Å². The molecule has 12 heteroatoms. The zero-order chi connectivity index (χ0) is 26.3. The number of amides is 1. The summed E-state index contributed by atoms with van der Waals surface area (Å²) >= 11 is 1.17. The molecule has 2 aromatic rings. The van der Waals surface area contributed by atoms with Gasteiger partial charge in [0.1, 0.15) is 6.10 Å². The molecular formula is C25H39N2O7PS2. The van der Waals surface area contributed by atoms with E-state index in [9.17, 15) is 22.9 Å². The van der Waals surface area contributed by atoms with Crippen LogP contribution in [0.4, 0.5) is 5.13 Å². The lowest BCUT2D eigenvalue weighted by atomic mass is 9.87. The van der Waals surface area contributed by atoms with Crippen LogP contribution in [0.15, 0.2) is 34.5 Å². The van der Waals surface area contributed by atoms with Crippen molar-refractivity contribution in [3.63, 3.8) is 0 Å². The SMILES string of the molecule is C.CCOP(=O)(CC(O)c1csc(NC(=O)[C@H](CC2CCCC2)c2ccc(S(C)(=O)=O)cc2)n1)OCC. The van der Waals surface area contributed by atoms with Crippen molar-refractivity contribution in [2.24, 2.45) is 5.92 Å². The number of nitrogens with one attached hydrogen (secondary N) is 1. The highest BCUT2D eigenvalue weighted by Gasteiger charge is 2.31. The van der Waals surface area contributed by atoms with Crippen LogP contribution >= 0.6 is 18.9 Å². The lowest BCUT2D eigenvalue weighted by molar-refractivity contribution is -0.118. The molecule has 2 N–H and O–H groups in total. The number of carbonyl (C=O) groups excluding carboxylic acids is 1. The number of hydrogen-bond donors (Lipinski definition) is 2. The number of carbonyl (C=O) groups is 1. The largest absolute Gasteiger partial charge is 0.386 e. The van der Waals surface area contributed by atoms with Gasteiger partial charge in [0.25, 0.3) is 0 Å². The molecule has 37 heavy (non-hydrogen) atoms. The summed E-state index contributed by atoms with van der Waals surface area (Å²) in [5, 5.41) is 15.4. The van der Waals surface area contributed by atoms with E-state index in [0.717, 1.165) is 37.5 Å². The molecule has 0 spiro atoms. The van der Waals surface area contributed by atoms with Crippen molar-refractivity contribution >= 4 is 39.8 Å². The Morgan fingerprint density at radius 1 is 1.19 bits per heavy atom. The van der Waals surface area contributed by atoms with Crippen LogP contribution in [-0.4, -0.2) is 50.0 Å². The number of benzene rings is 1. The van der Waals surface area contributed by atoms with Gasteiger partial charge in [-0.15, -0.1) is 11.3 Å². The first-order valence-corrected chi connectivity index (χ1v) is 16.7. The molecule has 1 saturated carbocycles. The van der Waals surface area contributed by atoms with Crippen molar-refractivity contribution in [1.82, 2.24) is 4.98 Å². The van der Waals surface area contributed by atoms with Gasteiger partial charge in [-0.25, -0.2) is 13.4 Å². The summed E-state index contributed by atoms with van der Waals surface area (Å²) in [6.45, 7) is 3.78. The molecule has 0 radical (unpaired) electrons. The van der Waals surface area contributed by atoms with Gasteiger partial charge in [-0.1, -0.05) is 45.2 Å². The van der Waals surface area contributed by atoms with Gasteiger partial charge in [-0.2, -0.15) is 0 Å². The zero-order valence-electron chi connectivity index (χ0n) is 20.9. The average molecular weight is 575 g/mol. The van der Waals surface area contributed by atoms with E-state index >= 15 is 0 Å². The highest BCUT2D eigenvalue weighted by molar-refractivity contribution is 7.90. The summed E-state index contributed by atoms with van der Waals surface area (Å²) < 4.78 is 46.9. The summed E-state index contributed by atoms with van der Waals surface area (Å²) in [5.41, 5.74) is 1.03. The quantitative estimate of drug-likeness (QED) is 0.288. The number of thiazole rings is 1. The lowest BCUT2D eigenvalue weighted by Gasteiger charge is -2.20. The van der Waals surface area contributed by atoms with Crippen molar-refractivity contribution in [1.29, 1.82) is 0 Å². The zero-order valence-corrected chi connectivity index (χ0v) is 23.4. The van der Waals surface area contributed by atoms with Crippen molar-refractivity contribution in [2.75, 3.05) is 30.9 Å². The van der Waals surface area contributed by atoms with E-state index in [1.54, 1.807) is 31.4 Å². The Hall–Kier alpha value is -1.62. The molecule has 3 rings (SSSR count). The smallest absolute Gasteiger partial charge is 0.333 e. The molecule has 1 aliphatic carbocycles. The van der Waals surface area contributed by atoms with Crippen LogP contribution in [0.1, 0.15) is 76.7 Å². The Morgan fingerprint density at radius 2 is 1.78 bits per heavy atom. The first-order valence-electron chi connectivity index (χ1n) is 12.2. The van der Waals surface area contributed by atoms with Crippen LogP contribution in [0.25, 0.3) is 0 Å². The third kappa shape index (κ3) is 8.97. The second-order valence-corrected chi connectivity index (χ2v) is 14.0. The predicted octanol–water partition coefficient (Wildman–Crippen LogP) is 5.78. The normalized spacial score (nSPS) is 16.2. The van der Waals surface area contributed by atoms with E-state index in [-0.39, 0.29) is 43.3 Å². The molecule has 0 aliphatic heterocycles. The third-order valence-electron chi connectivity index (χ3n) is 6.21. The van der Waals surface area contributed by atoms with Crippen LogP contribution < -0.4 is 5.32 Å². The van der Waals surface area contributed by atoms with Crippen LogP contribution in [-0.2, 0) is 28.2 Å². The molecule has 0 bridgehead atoms. The maximum Gasteiger partial charge on any atom is 0.333 e. The van der Waals surface area contributed by atoms with Crippen molar-refractivity contribution in [3.05, 3.63) is 40.9 Å². The topological polar surface area (TPSA) is 132 Å². The molecule has 1 aromatic carbocycles. The second-order valence-electron chi connectivity index (χ2n) is 8.99. The number of nitrogens with zero attached hydrogens (tertiary/aromatic N) is 1. The summed E-state index contributed by atoms with van der Waals surface area (Å²) in [7, 11) is -6.80. The van der Waals surface area contributed by atoms with Gasteiger partial charge in [0, 0.05) is 11.6 Å². The molecule has 2 atom stereocenters. The fraction of sp³-hybridized carbons (Fsp3) is 0.600. The Bertz CT molecular complexity index is 1150. The minimum Gasteiger partial charge on any atom is -0.386 e. The summed E-state index contributed by atoms with van der Waals surface area (Å²) in [6.07, 6.45) is 4.84. The number of hydrogen-bond acceptors (Lipinski definition) is 9. The Balaban J connectivity index is 0.00000481. The van der Waals surface area contributed by atoms with Gasteiger partial charge in [0.15, 0.2) is 15.0 Å². The lowest BCUT2D eigenvalue weighted by Crippen LogP contribution is -2.23. The van der Waals surface area contributed by atoms with Crippen LogP contribution in [0.3, 0.4) is 0 Å². The van der Waals surface area contributed by atoms with E-state index in [2.05, 4.69) is 10.3 Å². The highest BCUT2D eigenvalue weighted by Crippen LogP contribution is 2.50. The minimum absolute atomic E-state index is 0. The Kier molecular flexibility index (Phi) is 11.9. The maximum atomic E-state index is 13.4. The molecule has 1 aromatic heterocycles. The van der Waals surface area contributed by atoms with Gasteiger partial charge in [-0.3, -0.25) is 9.36 Å². The first kappa shape index (κ1) is 31.6. The highest BCUT2D eigenvalue weighted by atomic mass is 32.2. The summed E-state index contributed by atoms with van der Waals surface area (Å²) in [5.74, 6) is -0.274. The molecule has 208 valence electrons. The number of aliphatic hydroxyl groups excluding tert-OH is 1. The molecule has 0 saturated heterocycles. The average Bonchev–Trinajstić information content (AvgIpc) is 3.49. The van der Waals surface area contributed by atoms with E-state index in [4.69, 9.17) is 9.05 Å². The van der Waals surface area contributed by atoms with E-state index in [1.807, 2.05) is 0 Å². The Labute approximate surface area is 224 Å². The fourth-order valence-electron chi connectivity index (χ4n) is 4.45. The maximum absolute atomic E-state index is 13.4. The number of rotatable bonds is 13. The second kappa shape index (κ2) is 14.0. The van der Waals surface area contributed by atoms with Gasteiger partial charge in [0.2, 0.25) is 5.91 Å². The monoisotopic (exact) mass is 574 g/mol. The predicted molar refractivity (Wildman–Crippen MR) is 147 cm³/mol. The number of aromatic nitrogens is 1. The van der Waals surface area contributed by atoms with Gasteiger partial charge >= 0.3 is 7.60 Å². The standard InChI is InChI=1S/C24H35N2O7PS2.CH4/c1-4-32-34(29,33-5-2)15-22(27)21-16-35-24(25-21)26-23(28)20(14-17-8-6-7-9-17)18-10-12-19(13-11-18)36(3,30)31;/h10-13,16-17,20,22,27H,4-9,14-15H2,1-3H3,(H,25,26,28);1H4/t20-,22?;/m1./s1. The number of aliphatic hydroxyl groups is 1. The van der Waals surface area contributed by atoms with E-state index in [0.29, 0.717) is 17.5 Å². The Morgan fingerprint density at radius 3 is 2.32 bits per heavy atom. The third-order valence-corrected chi connectivity index (χ3v) is 10.2. The van der Waals surface area contributed by atoms with Crippen molar-refractivity contribution in [3.8, 4) is 0 Å². The molecule has 1 unspecified atom stereocenters. The molecule has 1 heterocycles. The minimum atomic E-state index is -3.46. The van der Waals surface area contributed by atoms with E-state index < -0.39 is 29.5 Å². The van der Waals surface area contributed by atoms with Crippen LogP contribution in [0.2, 0.25) is 0 Å². The van der Waals surface area contributed by atoms with Crippen molar-refractivity contribution < 1.29 is 31.9 Å². The molecule has 1 fully saturated rings. The van der Waals surface area contributed by atoms with Gasteiger partial charge < -0.3 is 19.5 Å². The van der Waals surface area contributed by atoms with Crippen LogP contribution in [0, 0.1) is 5.92 Å². The fourth-order valence-corrected chi connectivity index (χ4v) is 7.52. The summed E-state index contributed by atoms with van der Waals surface area (Å²) in [4.78, 5) is 17.9. The molecule has 1 amide bonds. The molecule has 1 aliphatic rings. The number of sulfone groups is 1. The van der Waals surface area contributed by atoms with Crippen molar-refractivity contribution in [2.45, 2.75) is 70.3 Å². The number of anilines is 1. The summed E-state index contributed by atoms with van der Waals surface area (Å²) in [6, 6.07) is 6.47. The van der Waals surface area contributed by atoms with E-state index in [1.165, 1.54) is 23.5 Å². The van der Waals surface area contributed by atoms with Gasteiger partial charge in [0.05, 0.1) is 35.9 Å². The van der Waals surface area contributed by atoms with Crippen LogP contribution in [0.5, 0.6) is 0 Å². The first-order chi connectivity index (χ1) is 17.0. The molecular weight excluding hydrogens is 535 g/mol. The molecule has 9 nitrogen and oxygen atoms in total.